The van der Waals surface area contributed by atoms with Gasteiger partial charge in [0.15, 0.2) is 0 Å². The number of aryl methyl sites for hydroxylation is 2. The topological polar surface area (TPSA) is 92.7 Å². The number of alkyl halides is 3. The molecule has 158 valence electrons. The number of hydrogen-bond acceptors (Lipinski definition) is 4. The average molecular weight is 440 g/mol. The summed E-state index contributed by atoms with van der Waals surface area (Å²) in [4.78, 5) is 31.8. The van der Waals surface area contributed by atoms with Crippen molar-refractivity contribution in [1.82, 2.24) is 19.7 Å². The first kappa shape index (κ1) is 21.6. The Bertz CT molecular complexity index is 1180. The Morgan fingerprint density at radius 2 is 1.97 bits per heavy atom. The first-order chi connectivity index (χ1) is 14.0. The van der Waals surface area contributed by atoms with Crippen molar-refractivity contribution in [2.24, 2.45) is 0 Å². The Morgan fingerprint density at radius 3 is 2.57 bits per heavy atom. The van der Waals surface area contributed by atoms with Crippen LogP contribution in [0.4, 0.5) is 19.0 Å². The van der Waals surface area contributed by atoms with E-state index in [2.05, 4.69) is 20.4 Å². The van der Waals surface area contributed by atoms with Crippen LogP contribution in [0, 0.1) is 13.8 Å². The highest BCUT2D eigenvalue weighted by molar-refractivity contribution is 6.30. The summed E-state index contributed by atoms with van der Waals surface area (Å²) in [7, 11) is 0. The number of benzene rings is 1. The number of aromatic nitrogens is 4. The highest BCUT2D eigenvalue weighted by Gasteiger charge is 2.35. The van der Waals surface area contributed by atoms with Gasteiger partial charge in [0.2, 0.25) is 5.95 Å². The lowest BCUT2D eigenvalue weighted by Gasteiger charge is -2.14. The van der Waals surface area contributed by atoms with Crippen LogP contribution in [0.15, 0.2) is 29.1 Å². The van der Waals surface area contributed by atoms with Crippen LogP contribution in [0.5, 0.6) is 0 Å². The zero-order chi connectivity index (χ0) is 22.2. The molecule has 0 spiro atoms. The van der Waals surface area contributed by atoms with E-state index in [1.54, 1.807) is 13.8 Å². The first-order valence-electron chi connectivity index (χ1n) is 8.86. The third-order valence-corrected chi connectivity index (χ3v) is 4.60. The summed E-state index contributed by atoms with van der Waals surface area (Å²) < 4.78 is 41.1. The van der Waals surface area contributed by atoms with Crippen molar-refractivity contribution in [2.75, 3.05) is 5.32 Å². The Labute approximate surface area is 173 Å². The predicted molar refractivity (Wildman–Crippen MR) is 105 cm³/mol. The molecule has 1 aromatic carbocycles. The van der Waals surface area contributed by atoms with E-state index in [-0.39, 0.29) is 22.3 Å². The fourth-order valence-corrected chi connectivity index (χ4v) is 3.17. The molecule has 7 nitrogen and oxygen atoms in total. The highest BCUT2D eigenvalue weighted by Crippen LogP contribution is 2.34. The lowest BCUT2D eigenvalue weighted by molar-refractivity contribution is -0.137. The van der Waals surface area contributed by atoms with E-state index < -0.39 is 23.2 Å². The molecular formula is C19H17ClF3N5O2. The van der Waals surface area contributed by atoms with Gasteiger partial charge < -0.3 is 5.32 Å². The van der Waals surface area contributed by atoms with Crippen LogP contribution in [0.1, 0.15) is 39.8 Å². The Hall–Kier alpha value is -3.14. The second-order valence-electron chi connectivity index (χ2n) is 6.53. The normalized spacial score (nSPS) is 11.6. The largest absolute Gasteiger partial charge is 0.417 e. The molecule has 0 aliphatic heterocycles. The first-order valence-corrected chi connectivity index (χ1v) is 9.24. The Kier molecular flexibility index (Phi) is 5.71. The zero-order valence-electron chi connectivity index (χ0n) is 16.2. The molecule has 30 heavy (non-hydrogen) atoms. The molecular weight excluding hydrogens is 423 g/mol. The number of rotatable bonds is 4. The summed E-state index contributed by atoms with van der Waals surface area (Å²) in [6.07, 6.45) is -4.29. The van der Waals surface area contributed by atoms with Gasteiger partial charge in [-0.2, -0.15) is 23.0 Å². The van der Waals surface area contributed by atoms with Gasteiger partial charge in [-0.15, -0.1) is 0 Å². The number of amides is 1. The van der Waals surface area contributed by atoms with Crippen LogP contribution in [0.3, 0.4) is 0 Å². The number of anilines is 1. The molecule has 0 unspecified atom stereocenters. The summed E-state index contributed by atoms with van der Waals surface area (Å²) in [5.41, 5.74) is -0.677. The van der Waals surface area contributed by atoms with E-state index in [9.17, 15) is 22.8 Å². The highest BCUT2D eigenvalue weighted by atomic mass is 35.5. The molecule has 2 N–H and O–H groups in total. The van der Waals surface area contributed by atoms with E-state index in [1.165, 1.54) is 12.1 Å². The zero-order valence-corrected chi connectivity index (χ0v) is 16.9. The number of hydrogen-bond donors (Lipinski definition) is 2. The smallest absolute Gasteiger partial charge is 0.306 e. The molecule has 3 rings (SSSR count). The molecule has 0 atom stereocenters. The van der Waals surface area contributed by atoms with Crippen molar-refractivity contribution in [3.63, 3.8) is 0 Å². The number of halogens is 4. The van der Waals surface area contributed by atoms with Crippen molar-refractivity contribution in [1.29, 1.82) is 0 Å². The third kappa shape index (κ3) is 4.23. The van der Waals surface area contributed by atoms with E-state index in [0.29, 0.717) is 29.4 Å². The summed E-state index contributed by atoms with van der Waals surface area (Å²) in [6.45, 7) is 5.10. The SMILES string of the molecule is CCc1c(C)nc(-n2nc(C)cc2NC(=O)c2ccc(Cl)cc2C(F)(F)F)[nH]c1=O. The number of nitrogens with zero attached hydrogens (tertiary/aromatic N) is 3. The van der Waals surface area contributed by atoms with Crippen LogP contribution >= 0.6 is 11.6 Å². The fourth-order valence-electron chi connectivity index (χ4n) is 2.99. The lowest BCUT2D eigenvalue weighted by atomic mass is 10.1. The molecule has 0 fully saturated rings. The minimum absolute atomic E-state index is 0.0326. The second kappa shape index (κ2) is 7.94. The molecule has 3 aromatic rings. The molecule has 0 saturated heterocycles. The summed E-state index contributed by atoms with van der Waals surface area (Å²) in [5, 5.41) is 6.43. The molecule has 0 aliphatic carbocycles. The van der Waals surface area contributed by atoms with Crippen LogP contribution in [-0.4, -0.2) is 25.7 Å². The van der Waals surface area contributed by atoms with Gasteiger partial charge in [0.25, 0.3) is 11.5 Å². The van der Waals surface area contributed by atoms with Crippen LogP contribution in [0.2, 0.25) is 5.02 Å². The molecule has 0 radical (unpaired) electrons. The van der Waals surface area contributed by atoms with Gasteiger partial charge in [0, 0.05) is 22.3 Å². The van der Waals surface area contributed by atoms with Gasteiger partial charge >= 0.3 is 6.18 Å². The van der Waals surface area contributed by atoms with E-state index in [1.807, 2.05) is 6.92 Å². The Balaban J connectivity index is 2.03. The minimum atomic E-state index is -4.77. The Morgan fingerprint density at radius 1 is 1.27 bits per heavy atom. The van der Waals surface area contributed by atoms with Crippen molar-refractivity contribution >= 4 is 23.3 Å². The van der Waals surface area contributed by atoms with Crippen LogP contribution < -0.4 is 10.9 Å². The minimum Gasteiger partial charge on any atom is -0.306 e. The van der Waals surface area contributed by atoms with Gasteiger partial charge in [-0.05, 0) is 38.5 Å². The molecule has 0 saturated carbocycles. The third-order valence-electron chi connectivity index (χ3n) is 4.37. The number of carbonyl (C=O) groups is 1. The van der Waals surface area contributed by atoms with Gasteiger partial charge in [0.05, 0.1) is 16.8 Å². The summed E-state index contributed by atoms with van der Waals surface area (Å²) in [6, 6.07) is 4.32. The molecule has 1 amide bonds. The quantitative estimate of drug-likeness (QED) is 0.641. The average Bonchev–Trinajstić information content (AvgIpc) is 3.00. The molecule has 0 aliphatic rings. The van der Waals surface area contributed by atoms with Gasteiger partial charge in [-0.1, -0.05) is 18.5 Å². The number of nitrogens with one attached hydrogen (secondary N) is 2. The fraction of sp³-hybridized carbons (Fsp3) is 0.263. The second-order valence-corrected chi connectivity index (χ2v) is 6.97. The summed E-state index contributed by atoms with van der Waals surface area (Å²) in [5.74, 6) is -0.929. The maximum atomic E-state index is 13.3. The van der Waals surface area contributed by atoms with Crippen LogP contribution in [0.25, 0.3) is 5.95 Å². The molecule has 11 heteroatoms. The van der Waals surface area contributed by atoms with E-state index in [0.717, 1.165) is 10.7 Å². The molecule has 0 bridgehead atoms. The van der Waals surface area contributed by atoms with E-state index >= 15 is 0 Å². The monoisotopic (exact) mass is 439 g/mol. The standard InChI is InChI=1S/C19H17ClF3N5O2/c1-4-12-10(3)24-18(26-16(12)29)28-15(7-9(2)27-28)25-17(30)13-6-5-11(20)8-14(13)19(21,22)23/h5-8H,4H2,1-3H3,(H,25,30)(H,24,26,29). The van der Waals surface area contributed by atoms with E-state index in [4.69, 9.17) is 11.6 Å². The van der Waals surface area contributed by atoms with Crippen molar-refractivity contribution in [3.8, 4) is 5.95 Å². The van der Waals surface area contributed by atoms with Gasteiger partial charge in [0.1, 0.15) is 5.82 Å². The van der Waals surface area contributed by atoms with Crippen molar-refractivity contribution in [2.45, 2.75) is 33.4 Å². The van der Waals surface area contributed by atoms with Crippen molar-refractivity contribution < 1.29 is 18.0 Å². The van der Waals surface area contributed by atoms with Gasteiger partial charge in [-0.3, -0.25) is 14.6 Å². The predicted octanol–water partition coefficient (Wildman–Crippen LogP) is 4.06. The van der Waals surface area contributed by atoms with Crippen LogP contribution in [-0.2, 0) is 12.6 Å². The number of carbonyl (C=O) groups excluding carboxylic acids is 1. The number of H-pyrrole nitrogens is 1. The van der Waals surface area contributed by atoms with Gasteiger partial charge in [-0.25, -0.2) is 4.98 Å². The molecule has 2 aromatic heterocycles. The van der Waals surface area contributed by atoms with Crippen molar-refractivity contribution in [3.05, 3.63) is 67.7 Å². The maximum absolute atomic E-state index is 13.3. The molecule has 2 heterocycles. The summed E-state index contributed by atoms with van der Waals surface area (Å²) >= 11 is 5.66. The number of aromatic amines is 1. The maximum Gasteiger partial charge on any atom is 0.417 e. The lowest BCUT2D eigenvalue weighted by Crippen LogP contribution is -2.23.